The molecule has 1 saturated heterocycles. The molecule has 1 fully saturated rings. The number of carbonyl (C=O) groups is 1. The van der Waals surface area contributed by atoms with Crippen molar-refractivity contribution in [1.82, 2.24) is 10.2 Å². The summed E-state index contributed by atoms with van der Waals surface area (Å²) < 4.78 is 10.7. The van der Waals surface area contributed by atoms with Gasteiger partial charge in [0, 0.05) is 25.7 Å². The summed E-state index contributed by atoms with van der Waals surface area (Å²) in [6.07, 6.45) is 1.05. The fourth-order valence-electron chi connectivity index (χ4n) is 2.97. The molecule has 1 aliphatic heterocycles. The molecule has 2 rings (SSSR count). The lowest BCUT2D eigenvalue weighted by Crippen LogP contribution is -2.49. The number of benzene rings is 1. The lowest BCUT2D eigenvalue weighted by Gasteiger charge is -2.35. The summed E-state index contributed by atoms with van der Waals surface area (Å²) in [6.45, 7) is 8.42. The maximum Gasteiger partial charge on any atom is 0.319 e. The van der Waals surface area contributed by atoms with Crippen LogP contribution < -0.4 is 15.4 Å². The molecule has 1 aromatic rings. The van der Waals surface area contributed by atoms with Crippen molar-refractivity contribution in [3.05, 3.63) is 24.3 Å². The highest BCUT2D eigenvalue weighted by Gasteiger charge is 2.22. The lowest BCUT2D eigenvalue weighted by atomic mass is 10.0. The maximum atomic E-state index is 12.2. The van der Waals surface area contributed by atoms with E-state index in [1.807, 2.05) is 24.3 Å². The second-order valence-electron chi connectivity index (χ2n) is 6.47. The Bertz CT molecular complexity index is 516. The van der Waals surface area contributed by atoms with E-state index in [0.29, 0.717) is 29.9 Å². The number of nitrogens with one attached hydrogen (secondary N) is 2. The first-order valence-corrected chi connectivity index (χ1v) is 8.59. The third-order valence-electron chi connectivity index (χ3n) is 4.16. The van der Waals surface area contributed by atoms with Gasteiger partial charge in [-0.05, 0) is 24.5 Å². The van der Waals surface area contributed by atoms with Gasteiger partial charge in [0.2, 0.25) is 0 Å². The molecule has 24 heavy (non-hydrogen) atoms. The number of hydrogen-bond acceptors (Lipinski definition) is 4. The van der Waals surface area contributed by atoms with Gasteiger partial charge >= 0.3 is 6.03 Å². The van der Waals surface area contributed by atoms with E-state index >= 15 is 0 Å². The van der Waals surface area contributed by atoms with Gasteiger partial charge < -0.3 is 20.1 Å². The van der Waals surface area contributed by atoms with Crippen LogP contribution in [0.4, 0.5) is 10.5 Å². The zero-order valence-corrected chi connectivity index (χ0v) is 14.9. The van der Waals surface area contributed by atoms with Crippen LogP contribution in [0.25, 0.3) is 0 Å². The van der Waals surface area contributed by atoms with Gasteiger partial charge in [-0.1, -0.05) is 26.0 Å². The number of amides is 2. The molecule has 0 bridgehead atoms. The highest BCUT2D eigenvalue weighted by atomic mass is 16.5. The molecule has 0 aromatic heterocycles. The molecule has 0 radical (unpaired) electrons. The topological polar surface area (TPSA) is 62.8 Å². The molecule has 2 N–H and O–H groups in total. The van der Waals surface area contributed by atoms with E-state index in [2.05, 4.69) is 29.4 Å². The van der Waals surface area contributed by atoms with Crippen LogP contribution in [0.15, 0.2) is 24.3 Å². The fraction of sp³-hybridized carbons (Fsp3) is 0.611. The smallest absolute Gasteiger partial charge is 0.319 e. The van der Waals surface area contributed by atoms with Gasteiger partial charge in [0.05, 0.1) is 26.0 Å². The van der Waals surface area contributed by atoms with Crippen LogP contribution in [0, 0.1) is 5.92 Å². The van der Waals surface area contributed by atoms with Gasteiger partial charge in [-0.2, -0.15) is 0 Å². The molecule has 6 nitrogen and oxygen atoms in total. The number of methoxy groups -OCH3 is 1. The molecule has 1 unspecified atom stereocenters. The van der Waals surface area contributed by atoms with Gasteiger partial charge in [0.25, 0.3) is 0 Å². The second-order valence-corrected chi connectivity index (χ2v) is 6.47. The van der Waals surface area contributed by atoms with Gasteiger partial charge in [-0.3, -0.25) is 4.90 Å². The molecule has 0 saturated carbocycles. The number of para-hydroxylation sites is 2. The van der Waals surface area contributed by atoms with Gasteiger partial charge in [0.15, 0.2) is 0 Å². The molecule has 0 aliphatic carbocycles. The number of morpholine rings is 1. The number of ether oxygens (including phenoxy) is 2. The average molecular weight is 335 g/mol. The summed E-state index contributed by atoms with van der Waals surface area (Å²) in [4.78, 5) is 14.6. The minimum atomic E-state index is -0.207. The van der Waals surface area contributed by atoms with E-state index in [1.54, 1.807) is 7.11 Å². The Hall–Kier alpha value is -1.79. The number of hydrogen-bond donors (Lipinski definition) is 2. The molecule has 2 amide bonds. The summed E-state index contributed by atoms with van der Waals surface area (Å²) in [5.41, 5.74) is 0.671. The quantitative estimate of drug-likeness (QED) is 0.804. The van der Waals surface area contributed by atoms with Crippen molar-refractivity contribution in [3.63, 3.8) is 0 Å². The number of nitrogens with zero attached hydrogens (tertiary/aromatic N) is 1. The van der Waals surface area contributed by atoms with Gasteiger partial charge in [-0.15, -0.1) is 0 Å². The van der Waals surface area contributed by atoms with Crippen LogP contribution in [0.2, 0.25) is 0 Å². The van der Waals surface area contributed by atoms with E-state index in [4.69, 9.17) is 9.47 Å². The predicted molar refractivity (Wildman–Crippen MR) is 95.7 cm³/mol. The Morgan fingerprint density at radius 3 is 2.67 bits per heavy atom. The third kappa shape index (κ3) is 5.69. The summed E-state index contributed by atoms with van der Waals surface area (Å²) in [5.74, 6) is 1.23. The zero-order chi connectivity index (χ0) is 17.4. The van der Waals surface area contributed by atoms with Crippen molar-refractivity contribution in [2.24, 2.45) is 5.92 Å². The average Bonchev–Trinajstić information content (AvgIpc) is 2.59. The van der Waals surface area contributed by atoms with Crippen LogP contribution in [-0.2, 0) is 4.74 Å². The number of carbonyl (C=O) groups excluding carboxylic acids is 1. The Morgan fingerprint density at radius 2 is 2.00 bits per heavy atom. The molecular formula is C18H29N3O3. The second kappa shape index (κ2) is 9.49. The lowest BCUT2D eigenvalue weighted by molar-refractivity contribution is 0.0130. The van der Waals surface area contributed by atoms with Crippen molar-refractivity contribution < 1.29 is 14.3 Å². The standard InChI is InChI=1S/C18H29N3O3/c1-14(2)12-15(21-8-10-24-11-9-21)13-19-18(22)20-16-6-4-5-7-17(16)23-3/h4-7,14-15H,8-13H2,1-3H3,(H2,19,20,22). The Kier molecular flexibility index (Phi) is 7.34. The summed E-state index contributed by atoms with van der Waals surface area (Å²) in [7, 11) is 1.59. The van der Waals surface area contributed by atoms with Gasteiger partial charge in [0.1, 0.15) is 5.75 Å². The highest BCUT2D eigenvalue weighted by Crippen LogP contribution is 2.22. The molecule has 6 heteroatoms. The fourth-order valence-corrected chi connectivity index (χ4v) is 2.97. The first kappa shape index (κ1) is 18.5. The van der Waals surface area contributed by atoms with Gasteiger partial charge in [-0.25, -0.2) is 4.79 Å². The van der Waals surface area contributed by atoms with Crippen molar-refractivity contribution in [3.8, 4) is 5.75 Å². The van der Waals surface area contributed by atoms with Crippen molar-refractivity contribution in [2.75, 3.05) is 45.3 Å². The van der Waals surface area contributed by atoms with Crippen LogP contribution in [0.5, 0.6) is 5.75 Å². The molecule has 1 atom stereocenters. The molecule has 0 spiro atoms. The number of anilines is 1. The molecule has 134 valence electrons. The molecule has 1 heterocycles. The van der Waals surface area contributed by atoms with Crippen LogP contribution in [0.3, 0.4) is 0 Å². The number of rotatable bonds is 7. The third-order valence-corrected chi connectivity index (χ3v) is 4.16. The summed E-state index contributed by atoms with van der Waals surface area (Å²) in [6, 6.07) is 7.52. The minimum Gasteiger partial charge on any atom is -0.495 e. The van der Waals surface area contributed by atoms with Crippen molar-refractivity contribution in [2.45, 2.75) is 26.3 Å². The molecule has 1 aliphatic rings. The van der Waals surface area contributed by atoms with E-state index in [-0.39, 0.29) is 6.03 Å². The molecular weight excluding hydrogens is 306 g/mol. The normalized spacial score (nSPS) is 16.7. The van der Waals surface area contributed by atoms with E-state index in [0.717, 1.165) is 32.7 Å². The van der Waals surface area contributed by atoms with E-state index in [1.165, 1.54) is 0 Å². The summed E-state index contributed by atoms with van der Waals surface area (Å²) >= 11 is 0. The van der Waals surface area contributed by atoms with Crippen LogP contribution in [-0.4, -0.2) is 56.9 Å². The summed E-state index contributed by atoms with van der Waals surface area (Å²) in [5, 5.41) is 5.85. The Balaban J connectivity index is 1.89. The number of urea groups is 1. The zero-order valence-electron chi connectivity index (χ0n) is 14.9. The largest absolute Gasteiger partial charge is 0.495 e. The highest BCUT2D eigenvalue weighted by molar-refractivity contribution is 5.90. The predicted octanol–water partition coefficient (Wildman–Crippen LogP) is 2.56. The van der Waals surface area contributed by atoms with E-state index < -0.39 is 0 Å². The first-order chi connectivity index (χ1) is 11.6. The van der Waals surface area contributed by atoms with E-state index in [9.17, 15) is 4.79 Å². The van der Waals surface area contributed by atoms with Crippen molar-refractivity contribution in [1.29, 1.82) is 0 Å². The van der Waals surface area contributed by atoms with Crippen LogP contribution in [0.1, 0.15) is 20.3 Å². The molecule has 1 aromatic carbocycles. The minimum absolute atomic E-state index is 0.207. The van der Waals surface area contributed by atoms with Crippen molar-refractivity contribution >= 4 is 11.7 Å². The monoisotopic (exact) mass is 335 g/mol. The Labute approximate surface area is 144 Å². The first-order valence-electron chi connectivity index (χ1n) is 8.59. The maximum absolute atomic E-state index is 12.2. The Morgan fingerprint density at radius 1 is 1.29 bits per heavy atom. The van der Waals surface area contributed by atoms with Crippen LogP contribution >= 0.6 is 0 Å². The SMILES string of the molecule is COc1ccccc1NC(=O)NCC(CC(C)C)N1CCOCC1.